The first-order valence-corrected chi connectivity index (χ1v) is 12.2. The van der Waals surface area contributed by atoms with E-state index in [9.17, 15) is 0 Å². The van der Waals surface area contributed by atoms with Crippen molar-refractivity contribution in [1.82, 2.24) is 0 Å². The van der Waals surface area contributed by atoms with E-state index in [1.165, 1.54) is 38.5 Å². The second-order valence-corrected chi connectivity index (χ2v) is 9.94. The van der Waals surface area contributed by atoms with Crippen molar-refractivity contribution in [3.63, 3.8) is 0 Å². The molecule has 30 heavy (non-hydrogen) atoms. The maximum Gasteiger partial charge on any atom is 0.127 e. The molecule has 0 heterocycles. The minimum atomic E-state index is 0.477. The summed E-state index contributed by atoms with van der Waals surface area (Å²) in [4.78, 5) is 0. The number of hydrogen-bond acceptors (Lipinski definition) is 2. The Kier molecular flexibility index (Phi) is 13.6. The maximum absolute atomic E-state index is 6.17. The SMILES string of the molecule is [CH]=C(OCCC(C)CCCC(C)C)c1cc[c]c(OCCC(C)CCCC(C)C)c1. The lowest BCUT2D eigenvalue weighted by atomic mass is 9.98. The van der Waals surface area contributed by atoms with Gasteiger partial charge in [0.15, 0.2) is 0 Å². The first-order valence-electron chi connectivity index (χ1n) is 12.2. The Morgan fingerprint density at radius 1 is 0.833 bits per heavy atom. The standard InChI is InChI=1S/C28H46O2/c1-22(2)11-8-13-24(5)17-19-29-26(7)27-15-10-16-28(21-27)30-20-18-25(6)14-9-12-23(3)4/h7,10,15,21-25H,8-9,11-14,17-20H2,1-6H3. The van der Waals surface area contributed by atoms with Gasteiger partial charge in [-0.1, -0.05) is 86.1 Å². The molecule has 2 heteroatoms. The summed E-state index contributed by atoms with van der Waals surface area (Å²) in [6.45, 7) is 21.3. The Morgan fingerprint density at radius 2 is 1.40 bits per heavy atom. The van der Waals surface area contributed by atoms with Crippen molar-refractivity contribution in [2.24, 2.45) is 23.7 Å². The molecule has 0 N–H and O–H groups in total. The van der Waals surface area contributed by atoms with Crippen LogP contribution in [0.25, 0.3) is 5.76 Å². The average Bonchev–Trinajstić information content (AvgIpc) is 2.67. The van der Waals surface area contributed by atoms with Crippen molar-refractivity contribution in [3.8, 4) is 5.75 Å². The lowest BCUT2D eigenvalue weighted by molar-refractivity contribution is 0.243. The van der Waals surface area contributed by atoms with Gasteiger partial charge in [-0.15, -0.1) is 0 Å². The van der Waals surface area contributed by atoms with E-state index in [0.29, 0.717) is 24.2 Å². The molecule has 1 aromatic carbocycles. The Labute approximate surface area is 187 Å². The van der Waals surface area contributed by atoms with E-state index < -0.39 is 0 Å². The summed E-state index contributed by atoms with van der Waals surface area (Å²) >= 11 is 0. The molecule has 0 aromatic heterocycles. The highest BCUT2D eigenvalue weighted by Crippen LogP contribution is 2.22. The molecular weight excluding hydrogens is 368 g/mol. The molecule has 0 bridgehead atoms. The van der Waals surface area contributed by atoms with Gasteiger partial charge in [-0.3, -0.25) is 0 Å². The summed E-state index contributed by atoms with van der Waals surface area (Å²) in [5.41, 5.74) is 0.876. The molecule has 0 aliphatic rings. The minimum Gasteiger partial charge on any atom is -0.493 e. The molecule has 0 saturated heterocycles. The largest absolute Gasteiger partial charge is 0.493 e. The van der Waals surface area contributed by atoms with Crippen molar-refractivity contribution < 1.29 is 9.47 Å². The predicted molar refractivity (Wildman–Crippen MR) is 129 cm³/mol. The van der Waals surface area contributed by atoms with E-state index in [1.54, 1.807) is 0 Å². The van der Waals surface area contributed by atoms with Crippen LogP contribution < -0.4 is 4.74 Å². The number of hydrogen-bond donors (Lipinski definition) is 0. The Hall–Kier alpha value is -1.44. The van der Waals surface area contributed by atoms with Gasteiger partial charge < -0.3 is 9.47 Å². The van der Waals surface area contributed by atoms with Crippen molar-refractivity contribution in [2.75, 3.05) is 13.2 Å². The molecule has 1 rings (SSSR count). The molecular formula is C28H46O2. The van der Waals surface area contributed by atoms with Crippen LogP contribution in [0.2, 0.25) is 0 Å². The zero-order valence-electron chi connectivity index (χ0n) is 20.5. The molecule has 0 spiro atoms. The molecule has 2 unspecified atom stereocenters. The first-order chi connectivity index (χ1) is 14.3. The van der Waals surface area contributed by atoms with Gasteiger partial charge in [0, 0.05) is 11.6 Å². The first kappa shape index (κ1) is 26.6. The van der Waals surface area contributed by atoms with E-state index in [1.807, 2.05) is 18.2 Å². The van der Waals surface area contributed by atoms with E-state index in [-0.39, 0.29) is 0 Å². The van der Waals surface area contributed by atoms with E-state index in [0.717, 1.165) is 42.6 Å². The van der Waals surface area contributed by atoms with Crippen LogP contribution in [-0.4, -0.2) is 13.2 Å². The van der Waals surface area contributed by atoms with Crippen LogP contribution in [0, 0.1) is 36.3 Å². The molecule has 1 aromatic rings. The predicted octanol–water partition coefficient (Wildman–Crippen LogP) is 8.36. The third-order valence-corrected chi connectivity index (χ3v) is 5.75. The Bertz CT molecular complexity index is 576. The molecule has 2 atom stereocenters. The fourth-order valence-corrected chi connectivity index (χ4v) is 3.54. The molecule has 0 aliphatic heterocycles. The molecule has 0 saturated carbocycles. The fraction of sp³-hybridized carbons (Fsp3) is 0.714. The van der Waals surface area contributed by atoms with Gasteiger partial charge in [-0.2, -0.15) is 0 Å². The van der Waals surface area contributed by atoms with Crippen LogP contribution in [0.15, 0.2) is 18.2 Å². The van der Waals surface area contributed by atoms with Crippen LogP contribution in [0.5, 0.6) is 5.75 Å². The van der Waals surface area contributed by atoms with Crippen LogP contribution in [0.3, 0.4) is 0 Å². The zero-order valence-corrected chi connectivity index (χ0v) is 20.5. The van der Waals surface area contributed by atoms with E-state index in [2.05, 4.69) is 47.6 Å². The summed E-state index contributed by atoms with van der Waals surface area (Å²) in [7, 11) is 0. The number of rotatable bonds is 17. The number of benzene rings is 1. The van der Waals surface area contributed by atoms with Gasteiger partial charge in [0.05, 0.1) is 13.2 Å². The van der Waals surface area contributed by atoms with Crippen molar-refractivity contribution in [2.45, 2.75) is 92.9 Å². The zero-order chi connectivity index (χ0) is 22.4. The van der Waals surface area contributed by atoms with Crippen LogP contribution in [-0.2, 0) is 4.74 Å². The van der Waals surface area contributed by atoms with Crippen molar-refractivity contribution in [1.29, 1.82) is 0 Å². The quantitative estimate of drug-likeness (QED) is 0.238. The topological polar surface area (TPSA) is 18.5 Å². The van der Waals surface area contributed by atoms with Crippen molar-refractivity contribution >= 4 is 5.76 Å². The van der Waals surface area contributed by atoms with E-state index >= 15 is 0 Å². The minimum absolute atomic E-state index is 0.477. The highest BCUT2D eigenvalue weighted by molar-refractivity contribution is 5.57. The fourth-order valence-electron chi connectivity index (χ4n) is 3.54. The van der Waals surface area contributed by atoms with Gasteiger partial charge >= 0.3 is 0 Å². The maximum atomic E-state index is 6.17. The van der Waals surface area contributed by atoms with Gasteiger partial charge in [0.2, 0.25) is 0 Å². The number of ether oxygens (including phenoxy) is 2. The van der Waals surface area contributed by atoms with Crippen LogP contribution in [0.1, 0.15) is 98.5 Å². The van der Waals surface area contributed by atoms with Crippen molar-refractivity contribution in [3.05, 3.63) is 36.4 Å². The molecule has 170 valence electrons. The highest BCUT2D eigenvalue weighted by Gasteiger charge is 2.08. The van der Waals surface area contributed by atoms with Crippen LogP contribution >= 0.6 is 0 Å². The third-order valence-electron chi connectivity index (χ3n) is 5.75. The Morgan fingerprint density at radius 3 is 1.97 bits per heavy atom. The second kappa shape index (κ2) is 15.4. The summed E-state index contributed by atoms with van der Waals surface area (Å²) in [6, 6.07) is 8.89. The summed E-state index contributed by atoms with van der Waals surface area (Å²) in [6.07, 6.45) is 9.86. The normalized spacial score (nSPS) is 13.5. The highest BCUT2D eigenvalue weighted by atomic mass is 16.5. The third kappa shape index (κ3) is 13.0. The molecule has 0 amide bonds. The average molecular weight is 415 g/mol. The second-order valence-electron chi connectivity index (χ2n) is 9.94. The van der Waals surface area contributed by atoms with Gasteiger partial charge in [-0.25, -0.2) is 0 Å². The molecule has 0 aliphatic carbocycles. The van der Waals surface area contributed by atoms with Gasteiger partial charge in [0.1, 0.15) is 11.5 Å². The van der Waals surface area contributed by atoms with Gasteiger partial charge in [0.25, 0.3) is 0 Å². The monoisotopic (exact) mass is 414 g/mol. The molecule has 2 radical (unpaired) electrons. The lowest BCUT2D eigenvalue weighted by Crippen LogP contribution is -2.05. The Balaban J connectivity index is 2.29. The smallest absolute Gasteiger partial charge is 0.127 e. The summed E-state index contributed by atoms with van der Waals surface area (Å²) in [5.74, 6) is 4.16. The molecule has 2 nitrogen and oxygen atoms in total. The summed E-state index contributed by atoms with van der Waals surface area (Å²) < 4.78 is 11.7. The van der Waals surface area contributed by atoms with E-state index in [4.69, 9.17) is 16.1 Å². The lowest BCUT2D eigenvalue weighted by Gasteiger charge is -2.15. The van der Waals surface area contributed by atoms with Gasteiger partial charge in [-0.05, 0) is 55.2 Å². The molecule has 0 fully saturated rings. The van der Waals surface area contributed by atoms with Crippen LogP contribution in [0.4, 0.5) is 0 Å². The summed E-state index contributed by atoms with van der Waals surface area (Å²) in [5, 5.41) is 0.